The van der Waals surface area contributed by atoms with Crippen molar-refractivity contribution < 1.29 is 9.53 Å². The van der Waals surface area contributed by atoms with Gasteiger partial charge in [-0.1, -0.05) is 28.1 Å². The van der Waals surface area contributed by atoms with Crippen LogP contribution in [0, 0.1) is 0 Å². The molecule has 0 N–H and O–H groups in total. The maximum Gasteiger partial charge on any atom is 0.223 e. The molecule has 0 saturated carbocycles. The van der Waals surface area contributed by atoms with Crippen LogP contribution in [0.2, 0.25) is 0 Å². The number of aromatic nitrogens is 1. The number of hydrogen-bond donors (Lipinski definition) is 0. The highest BCUT2D eigenvalue weighted by molar-refractivity contribution is 9.10. The molecule has 0 spiro atoms. The van der Waals surface area contributed by atoms with E-state index in [-0.39, 0.29) is 5.91 Å². The number of aryl methyl sites for hydroxylation is 1. The first-order valence-corrected chi connectivity index (χ1v) is 10.7. The van der Waals surface area contributed by atoms with E-state index in [1.807, 2.05) is 29.2 Å². The van der Waals surface area contributed by atoms with E-state index in [0.717, 1.165) is 41.8 Å². The van der Waals surface area contributed by atoms with Gasteiger partial charge in [0.15, 0.2) is 0 Å². The minimum atomic E-state index is 0.110. The van der Waals surface area contributed by atoms with Crippen molar-refractivity contribution in [3.63, 3.8) is 0 Å². The zero-order valence-electron chi connectivity index (χ0n) is 16.8. The molecule has 1 aliphatic rings. The molecule has 0 aliphatic carbocycles. The molecular weight excluding hydrogens is 428 g/mol. The normalized spacial score (nSPS) is 15.4. The number of hydrogen-bond acceptors (Lipinski definition) is 2. The van der Waals surface area contributed by atoms with E-state index in [1.165, 1.54) is 16.8 Å². The molecule has 4 rings (SSSR count). The van der Waals surface area contributed by atoms with Gasteiger partial charge in [0, 0.05) is 48.0 Å². The molecule has 0 bridgehead atoms. The van der Waals surface area contributed by atoms with E-state index in [0.29, 0.717) is 5.92 Å². The fraction of sp³-hybridized carbons (Fsp3) is 0.292. The van der Waals surface area contributed by atoms with Gasteiger partial charge in [0.05, 0.1) is 7.11 Å². The lowest BCUT2D eigenvalue weighted by atomic mass is 9.95. The van der Waals surface area contributed by atoms with Crippen LogP contribution in [0.25, 0.3) is 0 Å². The predicted octanol–water partition coefficient (Wildman–Crippen LogP) is 5.39. The molecule has 1 aromatic heterocycles. The standard InChI is InChI=1S/C24H25BrN2O2/c1-17(28)27-16-19(23-14-20(25)8-12-24(23)27)7-9-21-4-3-13-26(21)15-18-5-10-22(29-2)11-6-18/h3-6,8,10-14,19H,7,9,15-16H2,1-2H3. The van der Waals surface area contributed by atoms with E-state index >= 15 is 0 Å². The van der Waals surface area contributed by atoms with Crippen molar-refractivity contribution in [1.82, 2.24) is 4.57 Å². The van der Waals surface area contributed by atoms with Crippen LogP contribution >= 0.6 is 15.9 Å². The molecule has 4 nitrogen and oxygen atoms in total. The van der Waals surface area contributed by atoms with E-state index in [9.17, 15) is 4.79 Å². The van der Waals surface area contributed by atoms with Gasteiger partial charge in [0.2, 0.25) is 5.91 Å². The fourth-order valence-corrected chi connectivity index (χ4v) is 4.52. The second kappa shape index (κ2) is 8.46. The molecule has 5 heteroatoms. The van der Waals surface area contributed by atoms with Crippen molar-refractivity contribution in [3.8, 4) is 5.75 Å². The highest BCUT2D eigenvalue weighted by Crippen LogP contribution is 2.40. The van der Waals surface area contributed by atoms with E-state index in [1.54, 1.807) is 14.0 Å². The average molecular weight is 453 g/mol. The first-order chi connectivity index (χ1) is 14.0. The molecule has 0 saturated heterocycles. The Morgan fingerprint density at radius 2 is 1.97 bits per heavy atom. The number of rotatable bonds is 6. The molecule has 1 amide bonds. The third-order valence-electron chi connectivity index (χ3n) is 5.69. The zero-order valence-corrected chi connectivity index (χ0v) is 18.4. The van der Waals surface area contributed by atoms with Gasteiger partial charge in [-0.15, -0.1) is 0 Å². The summed E-state index contributed by atoms with van der Waals surface area (Å²) in [5.41, 5.74) is 4.89. The van der Waals surface area contributed by atoms with Crippen molar-refractivity contribution in [2.75, 3.05) is 18.6 Å². The molecule has 0 radical (unpaired) electrons. The summed E-state index contributed by atoms with van der Waals surface area (Å²) in [6, 6.07) is 18.8. The Balaban J connectivity index is 1.47. The largest absolute Gasteiger partial charge is 0.497 e. The van der Waals surface area contributed by atoms with Crippen molar-refractivity contribution >= 4 is 27.5 Å². The molecule has 1 atom stereocenters. The average Bonchev–Trinajstić information content (AvgIpc) is 3.31. The third-order valence-corrected chi connectivity index (χ3v) is 6.18. The van der Waals surface area contributed by atoms with Crippen molar-refractivity contribution in [3.05, 3.63) is 82.1 Å². The van der Waals surface area contributed by atoms with Crippen LogP contribution in [0.5, 0.6) is 5.75 Å². The summed E-state index contributed by atoms with van der Waals surface area (Å²) in [7, 11) is 1.69. The highest BCUT2D eigenvalue weighted by atomic mass is 79.9. The quantitative estimate of drug-likeness (QED) is 0.502. The summed E-state index contributed by atoms with van der Waals surface area (Å²) in [5, 5.41) is 0. The number of carbonyl (C=O) groups excluding carboxylic acids is 1. The molecule has 1 aliphatic heterocycles. The minimum Gasteiger partial charge on any atom is -0.497 e. The van der Waals surface area contributed by atoms with Crippen LogP contribution in [0.1, 0.15) is 36.1 Å². The van der Waals surface area contributed by atoms with Crippen molar-refractivity contribution in [2.45, 2.75) is 32.2 Å². The number of benzene rings is 2. The van der Waals surface area contributed by atoms with Gasteiger partial charge < -0.3 is 14.2 Å². The van der Waals surface area contributed by atoms with Gasteiger partial charge in [-0.3, -0.25) is 4.79 Å². The molecule has 0 fully saturated rings. The van der Waals surface area contributed by atoms with Gasteiger partial charge in [0.1, 0.15) is 5.75 Å². The molecule has 29 heavy (non-hydrogen) atoms. The maximum absolute atomic E-state index is 12.1. The van der Waals surface area contributed by atoms with Gasteiger partial charge in [-0.05, 0) is 66.4 Å². The number of ether oxygens (including phenoxy) is 1. The third kappa shape index (κ3) is 4.25. The number of carbonyl (C=O) groups is 1. The number of fused-ring (bicyclic) bond motifs is 1. The number of nitrogens with zero attached hydrogens (tertiary/aromatic N) is 2. The Morgan fingerprint density at radius 1 is 1.17 bits per heavy atom. The number of methoxy groups -OCH3 is 1. The van der Waals surface area contributed by atoms with Crippen LogP contribution in [0.15, 0.2) is 65.3 Å². The van der Waals surface area contributed by atoms with Gasteiger partial charge in [0.25, 0.3) is 0 Å². The Labute approximate surface area is 180 Å². The topological polar surface area (TPSA) is 34.5 Å². The number of amides is 1. The Morgan fingerprint density at radius 3 is 2.69 bits per heavy atom. The smallest absolute Gasteiger partial charge is 0.223 e. The summed E-state index contributed by atoms with van der Waals surface area (Å²) in [6.07, 6.45) is 4.13. The Hall–Kier alpha value is -2.53. The molecule has 3 aromatic rings. The Bertz CT molecular complexity index is 1010. The molecule has 2 heterocycles. The van der Waals surface area contributed by atoms with Crippen LogP contribution in [-0.4, -0.2) is 24.1 Å². The van der Waals surface area contributed by atoms with Crippen molar-refractivity contribution in [1.29, 1.82) is 0 Å². The second-order valence-corrected chi connectivity index (χ2v) is 8.46. The summed E-state index contributed by atoms with van der Waals surface area (Å²) in [6.45, 7) is 3.26. The van der Waals surface area contributed by atoms with Crippen molar-refractivity contribution in [2.24, 2.45) is 0 Å². The lowest BCUT2D eigenvalue weighted by Gasteiger charge is -2.16. The van der Waals surface area contributed by atoms with Crippen LogP contribution in [-0.2, 0) is 17.8 Å². The lowest BCUT2D eigenvalue weighted by molar-refractivity contribution is -0.116. The maximum atomic E-state index is 12.1. The lowest BCUT2D eigenvalue weighted by Crippen LogP contribution is -2.27. The summed E-state index contributed by atoms with van der Waals surface area (Å²) >= 11 is 3.58. The van der Waals surface area contributed by atoms with Gasteiger partial charge >= 0.3 is 0 Å². The summed E-state index contributed by atoms with van der Waals surface area (Å²) in [4.78, 5) is 14.0. The van der Waals surface area contributed by atoms with Gasteiger partial charge in [-0.25, -0.2) is 0 Å². The monoisotopic (exact) mass is 452 g/mol. The van der Waals surface area contributed by atoms with Gasteiger partial charge in [-0.2, -0.15) is 0 Å². The molecular formula is C24H25BrN2O2. The number of halogens is 1. The SMILES string of the molecule is COc1ccc(Cn2cccc2CCC2CN(C(C)=O)c3ccc(Br)cc32)cc1. The van der Waals surface area contributed by atoms with Crippen LogP contribution < -0.4 is 9.64 Å². The minimum absolute atomic E-state index is 0.110. The predicted molar refractivity (Wildman–Crippen MR) is 120 cm³/mol. The molecule has 2 aromatic carbocycles. The Kier molecular flexibility index (Phi) is 5.76. The number of anilines is 1. The first-order valence-electron chi connectivity index (χ1n) is 9.89. The first kappa shape index (κ1) is 19.8. The summed E-state index contributed by atoms with van der Waals surface area (Å²) < 4.78 is 8.62. The second-order valence-electron chi connectivity index (χ2n) is 7.54. The highest BCUT2D eigenvalue weighted by Gasteiger charge is 2.30. The molecule has 150 valence electrons. The fourth-order valence-electron chi connectivity index (χ4n) is 4.14. The van der Waals surface area contributed by atoms with E-state index < -0.39 is 0 Å². The van der Waals surface area contributed by atoms with E-state index in [2.05, 4.69) is 57.0 Å². The summed E-state index contributed by atoms with van der Waals surface area (Å²) in [5.74, 6) is 1.34. The van der Waals surface area contributed by atoms with E-state index in [4.69, 9.17) is 4.74 Å². The zero-order chi connectivity index (χ0) is 20.4. The van der Waals surface area contributed by atoms with Crippen LogP contribution in [0.4, 0.5) is 5.69 Å². The molecule has 1 unspecified atom stereocenters. The van der Waals surface area contributed by atoms with Crippen LogP contribution in [0.3, 0.4) is 0 Å².